The molecule has 1 aromatic rings. The van der Waals surface area contributed by atoms with Crippen LogP contribution in [0.1, 0.15) is 29.5 Å². The molecule has 0 spiro atoms. The van der Waals surface area contributed by atoms with Gasteiger partial charge in [0, 0.05) is 5.92 Å². The van der Waals surface area contributed by atoms with Gasteiger partial charge in [0.15, 0.2) is 0 Å². The van der Waals surface area contributed by atoms with E-state index in [0.717, 1.165) is 10.0 Å². The third-order valence-corrected chi connectivity index (χ3v) is 4.44. The quantitative estimate of drug-likeness (QED) is 0.738. The molecule has 1 aliphatic heterocycles. The molecule has 14 heavy (non-hydrogen) atoms. The molecule has 2 heterocycles. The molecule has 0 bridgehead atoms. The van der Waals surface area contributed by atoms with Gasteiger partial charge in [-0.25, -0.2) is 4.98 Å². The zero-order valence-corrected chi connectivity index (χ0v) is 10.2. The lowest BCUT2D eigenvalue weighted by molar-refractivity contribution is 0.255. The van der Waals surface area contributed by atoms with Gasteiger partial charge < -0.3 is 4.90 Å². The molecule has 0 amide bonds. The van der Waals surface area contributed by atoms with Crippen molar-refractivity contribution in [2.45, 2.75) is 25.7 Å². The van der Waals surface area contributed by atoms with E-state index in [4.69, 9.17) is 11.6 Å². The van der Waals surface area contributed by atoms with Gasteiger partial charge in [0.25, 0.3) is 0 Å². The van der Waals surface area contributed by atoms with E-state index in [2.05, 4.69) is 16.9 Å². The number of hydrogen-bond donors (Lipinski definition) is 0. The summed E-state index contributed by atoms with van der Waals surface area (Å²) >= 11 is 7.68. The highest BCUT2D eigenvalue weighted by Gasteiger charge is 2.21. The Morgan fingerprint density at radius 2 is 2.07 bits per heavy atom. The second-order valence-corrected chi connectivity index (χ2v) is 5.62. The zero-order valence-electron chi connectivity index (χ0n) is 8.59. The van der Waals surface area contributed by atoms with E-state index in [9.17, 15) is 0 Å². The van der Waals surface area contributed by atoms with Crippen molar-refractivity contribution in [3.63, 3.8) is 0 Å². The Bertz CT molecular complexity index is 296. The summed E-state index contributed by atoms with van der Waals surface area (Å²) in [4.78, 5) is 6.90. The van der Waals surface area contributed by atoms with E-state index in [-0.39, 0.29) is 0 Å². The predicted octanol–water partition coefficient (Wildman–Crippen LogP) is 2.91. The molecule has 0 aromatic carbocycles. The first-order valence-corrected chi connectivity index (χ1v) is 6.17. The van der Waals surface area contributed by atoms with Crippen molar-refractivity contribution in [3.8, 4) is 0 Å². The van der Waals surface area contributed by atoms with Gasteiger partial charge in [-0.2, -0.15) is 0 Å². The summed E-state index contributed by atoms with van der Waals surface area (Å²) in [7, 11) is 2.18. The van der Waals surface area contributed by atoms with E-state index >= 15 is 0 Å². The van der Waals surface area contributed by atoms with Gasteiger partial charge in [-0.05, 0) is 39.9 Å². The van der Waals surface area contributed by atoms with Crippen LogP contribution in [-0.4, -0.2) is 30.0 Å². The molecule has 1 aliphatic rings. The van der Waals surface area contributed by atoms with Gasteiger partial charge in [-0.3, -0.25) is 0 Å². The standard InChI is InChI=1S/C10H15ClN2S/c1-7-9(11)14-10(12-7)8-3-5-13(2)6-4-8/h8H,3-6H2,1-2H3. The Morgan fingerprint density at radius 1 is 1.43 bits per heavy atom. The van der Waals surface area contributed by atoms with Crippen LogP contribution in [0.3, 0.4) is 0 Å². The van der Waals surface area contributed by atoms with Crippen LogP contribution in [0.15, 0.2) is 0 Å². The molecule has 4 heteroatoms. The maximum Gasteiger partial charge on any atom is 0.116 e. The van der Waals surface area contributed by atoms with Gasteiger partial charge in [0.1, 0.15) is 4.34 Å². The van der Waals surface area contributed by atoms with Crippen molar-refractivity contribution in [2.75, 3.05) is 20.1 Å². The van der Waals surface area contributed by atoms with Crippen LogP contribution >= 0.6 is 22.9 Å². The summed E-state index contributed by atoms with van der Waals surface area (Å²) in [5.41, 5.74) is 0.991. The van der Waals surface area contributed by atoms with E-state index in [0.29, 0.717) is 5.92 Å². The second kappa shape index (κ2) is 4.17. The fraction of sp³-hybridized carbons (Fsp3) is 0.700. The smallest absolute Gasteiger partial charge is 0.116 e. The molecule has 1 saturated heterocycles. The van der Waals surface area contributed by atoms with E-state index in [1.165, 1.54) is 30.9 Å². The van der Waals surface area contributed by atoms with Crippen molar-refractivity contribution < 1.29 is 0 Å². The van der Waals surface area contributed by atoms with Crippen molar-refractivity contribution in [3.05, 3.63) is 15.0 Å². The summed E-state index contributed by atoms with van der Waals surface area (Å²) in [5.74, 6) is 0.641. The molecule has 2 nitrogen and oxygen atoms in total. The first-order chi connectivity index (χ1) is 6.66. The maximum atomic E-state index is 6.02. The highest BCUT2D eigenvalue weighted by atomic mass is 35.5. The van der Waals surface area contributed by atoms with E-state index in [1.807, 2.05) is 6.92 Å². The number of nitrogens with zero attached hydrogens (tertiary/aromatic N) is 2. The van der Waals surface area contributed by atoms with Gasteiger partial charge in [0.2, 0.25) is 0 Å². The first kappa shape index (κ1) is 10.4. The summed E-state index contributed by atoms with van der Waals surface area (Å²) < 4.78 is 0.860. The van der Waals surface area contributed by atoms with Crippen LogP contribution in [-0.2, 0) is 0 Å². The molecular formula is C10H15ClN2S. The Kier molecular flexibility index (Phi) is 3.10. The Hall–Kier alpha value is -0.120. The highest BCUT2D eigenvalue weighted by molar-refractivity contribution is 7.16. The Labute approximate surface area is 93.9 Å². The first-order valence-electron chi connectivity index (χ1n) is 4.98. The third-order valence-electron chi connectivity index (χ3n) is 2.82. The monoisotopic (exact) mass is 230 g/mol. The average molecular weight is 231 g/mol. The zero-order chi connectivity index (χ0) is 10.1. The minimum absolute atomic E-state index is 0.641. The number of aromatic nitrogens is 1. The molecule has 0 atom stereocenters. The van der Waals surface area contributed by atoms with Crippen molar-refractivity contribution in [2.24, 2.45) is 0 Å². The van der Waals surface area contributed by atoms with Gasteiger partial charge in [-0.15, -0.1) is 11.3 Å². The lowest BCUT2D eigenvalue weighted by Gasteiger charge is -2.27. The van der Waals surface area contributed by atoms with Crippen LogP contribution in [0.2, 0.25) is 4.34 Å². The van der Waals surface area contributed by atoms with Crippen LogP contribution < -0.4 is 0 Å². The van der Waals surface area contributed by atoms with E-state index < -0.39 is 0 Å². The number of aryl methyl sites for hydroxylation is 1. The molecule has 0 radical (unpaired) electrons. The number of likely N-dealkylation sites (tertiary alicyclic amines) is 1. The second-order valence-electron chi connectivity index (χ2n) is 3.99. The van der Waals surface area contributed by atoms with E-state index in [1.54, 1.807) is 11.3 Å². The molecule has 0 N–H and O–H groups in total. The summed E-state index contributed by atoms with van der Waals surface area (Å²) in [6.45, 7) is 4.35. The highest BCUT2D eigenvalue weighted by Crippen LogP contribution is 2.34. The average Bonchev–Trinajstić information content (AvgIpc) is 2.48. The number of piperidine rings is 1. The molecule has 0 unspecified atom stereocenters. The summed E-state index contributed by atoms with van der Waals surface area (Å²) in [6.07, 6.45) is 2.44. The number of hydrogen-bond acceptors (Lipinski definition) is 3. The van der Waals surface area contributed by atoms with Crippen LogP contribution in [0.25, 0.3) is 0 Å². The maximum absolute atomic E-state index is 6.02. The molecule has 0 aliphatic carbocycles. The molecule has 0 saturated carbocycles. The predicted molar refractivity (Wildman–Crippen MR) is 61.3 cm³/mol. The fourth-order valence-corrected chi connectivity index (χ4v) is 3.07. The van der Waals surface area contributed by atoms with Crippen LogP contribution in [0.4, 0.5) is 0 Å². The third kappa shape index (κ3) is 2.10. The van der Waals surface area contributed by atoms with Crippen molar-refractivity contribution >= 4 is 22.9 Å². The number of thiazole rings is 1. The minimum Gasteiger partial charge on any atom is -0.306 e. The SMILES string of the molecule is Cc1nc(C2CCN(C)CC2)sc1Cl. The van der Waals surface area contributed by atoms with Gasteiger partial charge >= 0.3 is 0 Å². The summed E-state index contributed by atoms with van der Waals surface area (Å²) in [5, 5.41) is 1.24. The number of rotatable bonds is 1. The minimum atomic E-state index is 0.641. The van der Waals surface area contributed by atoms with Crippen molar-refractivity contribution in [1.29, 1.82) is 0 Å². The van der Waals surface area contributed by atoms with Gasteiger partial charge in [0.05, 0.1) is 10.7 Å². The lowest BCUT2D eigenvalue weighted by atomic mass is 9.98. The fourth-order valence-electron chi connectivity index (χ4n) is 1.83. The lowest BCUT2D eigenvalue weighted by Crippen LogP contribution is -2.29. The molecule has 1 fully saturated rings. The molecular weight excluding hydrogens is 216 g/mol. The Morgan fingerprint density at radius 3 is 2.57 bits per heavy atom. The summed E-state index contributed by atoms with van der Waals surface area (Å²) in [6, 6.07) is 0. The van der Waals surface area contributed by atoms with Gasteiger partial charge in [-0.1, -0.05) is 11.6 Å². The molecule has 1 aromatic heterocycles. The normalized spacial score (nSPS) is 20.2. The largest absolute Gasteiger partial charge is 0.306 e. The topological polar surface area (TPSA) is 16.1 Å². The van der Waals surface area contributed by atoms with Crippen LogP contribution in [0.5, 0.6) is 0 Å². The molecule has 78 valence electrons. The van der Waals surface area contributed by atoms with Crippen molar-refractivity contribution in [1.82, 2.24) is 9.88 Å². The number of halogens is 1. The van der Waals surface area contributed by atoms with Crippen LogP contribution in [0, 0.1) is 6.92 Å². The Balaban J connectivity index is 2.08. The molecule has 2 rings (SSSR count).